The van der Waals surface area contributed by atoms with Crippen molar-refractivity contribution in [2.75, 3.05) is 70.2 Å². The normalized spacial score (nSPS) is 14.1. The minimum Gasteiger partial charge on any atom is -0.497 e. The number of benzene rings is 6. The summed E-state index contributed by atoms with van der Waals surface area (Å²) in [6, 6.07) is 46.6. The Kier molecular flexibility index (Phi) is 13.3. The van der Waals surface area contributed by atoms with Gasteiger partial charge in [-0.2, -0.15) is 0 Å². The molecule has 0 atom stereocenters. The second-order valence-electron chi connectivity index (χ2n) is 14.2. The Balaban J connectivity index is 0.000000140. The minimum absolute atomic E-state index is 0.0210. The van der Waals surface area contributed by atoms with Gasteiger partial charge < -0.3 is 29.3 Å². The van der Waals surface area contributed by atoms with Gasteiger partial charge in [-0.15, -0.1) is 0 Å². The van der Waals surface area contributed by atoms with E-state index >= 15 is 0 Å². The number of carbonyl (C=O) groups excluding carboxylic acids is 3. The highest BCUT2D eigenvalue weighted by Crippen LogP contribution is 2.32. The van der Waals surface area contributed by atoms with Crippen molar-refractivity contribution in [3.05, 3.63) is 179 Å². The molecule has 312 valence electrons. The number of nitrogens with zero attached hydrogens (tertiary/aromatic N) is 5. The third kappa shape index (κ3) is 9.45. The molecule has 0 saturated carbocycles. The van der Waals surface area contributed by atoms with Crippen LogP contribution in [0.3, 0.4) is 0 Å². The number of ether oxygens (including phenoxy) is 3. The smallest absolute Gasteiger partial charge is 0.248 e. The number of nitrogens with one attached hydrogen (secondary N) is 1. The summed E-state index contributed by atoms with van der Waals surface area (Å²) < 4.78 is 15.8. The van der Waals surface area contributed by atoms with Crippen LogP contribution >= 0.6 is 0 Å². The van der Waals surface area contributed by atoms with E-state index in [0.29, 0.717) is 0 Å². The molecule has 3 aliphatic heterocycles. The first-order valence-electron chi connectivity index (χ1n) is 19.9. The molecule has 9 rings (SSSR count). The maximum atomic E-state index is 12.1. The van der Waals surface area contributed by atoms with Crippen molar-refractivity contribution in [2.24, 2.45) is 15.0 Å². The number of rotatable bonds is 6. The highest BCUT2D eigenvalue weighted by molar-refractivity contribution is 6.21. The second-order valence-corrected chi connectivity index (χ2v) is 14.2. The number of methoxy groups -OCH3 is 3. The standard InChI is InChI=1S/2C17H16N2O2.C16H14N2O2/c1-19-15-9-8-13(21-2)10-14(15)17(18-11-16(19)20)12-6-4-3-5-7-12;1-19-15-10-13(21-2)8-9-14(15)17(18-11-16(19)20)12-6-4-3-5-7-12;1-20-12-7-8-14-13(9-12)16(17-10-15(19)18-14)11-5-3-2-4-6-11/h2*3-10H,11H2,1-2H3;2-9H,10H2,1H3,(H,18,19). The molecule has 0 unspecified atom stereocenters. The van der Waals surface area contributed by atoms with Gasteiger partial charge in [0, 0.05) is 53.5 Å². The van der Waals surface area contributed by atoms with Crippen molar-refractivity contribution >= 4 is 51.9 Å². The molecule has 0 saturated heterocycles. The van der Waals surface area contributed by atoms with Gasteiger partial charge in [-0.3, -0.25) is 29.4 Å². The van der Waals surface area contributed by atoms with Crippen LogP contribution in [0.1, 0.15) is 33.4 Å². The quantitative estimate of drug-likeness (QED) is 0.185. The Morgan fingerprint density at radius 1 is 0.452 bits per heavy atom. The molecule has 0 spiro atoms. The fraction of sp³-hybridized carbons (Fsp3) is 0.160. The summed E-state index contributed by atoms with van der Waals surface area (Å²) in [4.78, 5) is 52.7. The monoisotopic (exact) mass is 826 g/mol. The number of hydrogen-bond donors (Lipinski definition) is 1. The summed E-state index contributed by atoms with van der Waals surface area (Å²) in [5, 5.41) is 2.86. The lowest BCUT2D eigenvalue weighted by atomic mass is 10.00. The zero-order chi connectivity index (χ0) is 43.6. The van der Waals surface area contributed by atoms with Crippen LogP contribution in [0.5, 0.6) is 17.2 Å². The fourth-order valence-electron chi connectivity index (χ4n) is 7.09. The van der Waals surface area contributed by atoms with Gasteiger partial charge in [0.1, 0.15) is 36.9 Å². The van der Waals surface area contributed by atoms with E-state index in [1.54, 1.807) is 45.2 Å². The Morgan fingerprint density at radius 2 is 0.871 bits per heavy atom. The van der Waals surface area contributed by atoms with E-state index in [0.717, 1.165) is 84.8 Å². The molecule has 3 amide bonds. The molecule has 3 aliphatic rings. The summed E-state index contributed by atoms with van der Waals surface area (Å²) in [6.45, 7) is 0.427. The lowest BCUT2D eigenvalue weighted by Crippen LogP contribution is -2.27. The van der Waals surface area contributed by atoms with Crippen LogP contribution in [0.2, 0.25) is 0 Å². The number of carbonyl (C=O) groups is 3. The van der Waals surface area contributed by atoms with Crippen LogP contribution in [-0.2, 0) is 14.4 Å². The first kappa shape index (κ1) is 42.3. The lowest BCUT2D eigenvalue weighted by Gasteiger charge is -2.18. The zero-order valence-corrected chi connectivity index (χ0v) is 35.2. The average molecular weight is 827 g/mol. The molecule has 0 aromatic heterocycles. The van der Waals surface area contributed by atoms with Gasteiger partial charge in [0.25, 0.3) is 0 Å². The second kappa shape index (κ2) is 19.5. The molecule has 0 fully saturated rings. The molecular formula is C50H46N6O6. The predicted molar refractivity (Wildman–Crippen MR) is 245 cm³/mol. The molecular weight excluding hydrogens is 781 g/mol. The van der Waals surface area contributed by atoms with E-state index in [1.165, 1.54) is 0 Å². The van der Waals surface area contributed by atoms with Gasteiger partial charge in [0.15, 0.2) is 0 Å². The Morgan fingerprint density at radius 3 is 1.40 bits per heavy atom. The lowest BCUT2D eigenvalue weighted by molar-refractivity contribution is -0.117. The van der Waals surface area contributed by atoms with Crippen LogP contribution in [0.25, 0.3) is 0 Å². The summed E-state index contributed by atoms with van der Waals surface area (Å²) in [6.07, 6.45) is 0. The number of hydrogen-bond acceptors (Lipinski definition) is 9. The van der Waals surface area contributed by atoms with E-state index in [2.05, 4.69) is 20.3 Å². The Hall–Kier alpha value is -7.86. The molecule has 1 N–H and O–H groups in total. The Bertz CT molecular complexity index is 2680. The van der Waals surface area contributed by atoms with Crippen molar-refractivity contribution in [2.45, 2.75) is 0 Å². The van der Waals surface area contributed by atoms with Crippen LogP contribution in [0.15, 0.2) is 161 Å². The molecule has 6 aromatic carbocycles. The van der Waals surface area contributed by atoms with Crippen molar-refractivity contribution in [3.8, 4) is 17.2 Å². The SMILES string of the molecule is COc1ccc2c(c1)C(c1ccccc1)=NCC(=O)N2.COc1ccc2c(c1)C(c1ccccc1)=NCC(=O)N2C.COc1ccc2c(c1)N(C)C(=O)CN=C2c1ccccc1. The number of likely N-dealkylation sites (N-methyl/N-ethyl adjacent to an activating group) is 2. The first-order chi connectivity index (χ1) is 30.2. The van der Waals surface area contributed by atoms with Gasteiger partial charge in [0.05, 0.1) is 55.5 Å². The fourth-order valence-corrected chi connectivity index (χ4v) is 7.09. The minimum atomic E-state index is -0.109. The molecule has 0 radical (unpaired) electrons. The number of anilines is 3. The van der Waals surface area contributed by atoms with Crippen molar-refractivity contribution < 1.29 is 28.6 Å². The number of aliphatic imine (C=N–C) groups is 3. The summed E-state index contributed by atoms with van der Waals surface area (Å²) in [5.74, 6) is 2.05. The topological polar surface area (TPSA) is 134 Å². The van der Waals surface area contributed by atoms with Crippen LogP contribution in [0.4, 0.5) is 17.1 Å². The summed E-state index contributed by atoms with van der Waals surface area (Å²) >= 11 is 0. The molecule has 12 heteroatoms. The molecule has 12 nitrogen and oxygen atoms in total. The third-order valence-electron chi connectivity index (χ3n) is 10.4. The van der Waals surface area contributed by atoms with Crippen LogP contribution in [0, 0.1) is 0 Å². The third-order valence-corrected chi connectivity index (χ3v) is 10.4. The number of amides is 3. The maximum absolute atomic E-state index is 12.1. The highest BCUT2D eigenvalue weighted by Gasteiger charge is 2.25. The van der Waals surface area contributed by atoms with E-state index in [9.17, 15) is 14.4 Å². The van der Waals surface area contributed by atoms with E-state index in [4.69, 9.17) is 14.2 Å². The van der Waals surface area contributed by atoms with Gasteiger partial charge in [-0.25, -0.2) is 0 Å². The largest absolute Gasteiger partial charge is 0.497 e. The van der Waals surface area contributed by atoms with E-state index < -0.39 is 0 Å². The first-order valence-corrected chi connectivity index (χ1v) is 19.9. The van der Waals surface area contributed by atoms with Gasteiger partial charge in [-0.1, -0.05) is 91.0 Å². The molecule has 0 aliphatic carbocycles. The van der Waals surface area contributed by atoms with E-state index in [1.807, 2.05) is 146 Å². The Labute approximate surface area is 360 Å². The zero-order valence-electron chi connectivity index (χ0n) is 35.2. The molecule has 6 aromatic rings. The molecule has 0 bridgehead atoms. The van der Waals surface area contributed by atoms with Crippen molar-refractivity contribution in [1.82, 2.24) is 0 Å². The summed E-state index contributed by atoms with van der Waals surface area (Å²) in [5.41, 5.74) is 10.6. The van der Waals surface area contributed by atoms with Crippen molar-refractivity contribution in [1.29, 1.82) is 0 Å². The van der Waals surface area contributed by atoms with Gasteiger partial charge in [0.2, 0.25) is 17.7 Å². The number of benzodiazepines with no additional fused rings is 3. The highest BCUT2D eigenvalue weighted by atomic mass is 16.5. The van der Waals surface area contributed by atoms with Gasteiger partial charge >= 0.3 is 0 Å². The molecule has 3 heterocycles. The van der Waals surface area contributed by atoms with Crippen molar-refractivity contribution in [3.63, 3.8) is 0 Å². The van der Waals surface area contributed by atoms with Gasteiger partial charge in [-0.05, 0) is 48.5 Å². The number of fused-ring (bicyclic) bond motifs is 3. The molecule has 62 heavy (non-hydrogen) atoms. The summed E-state index contributed by atoms with van der Waals surface area (Å²) in [7, 11) is 8.41. The van der Waals surface area contributed by atoms with Crippen LogP contribution < -0.4 is 29.3 Å². The maximum Gasteiger partial charge on any atom is 0.248 e. The predicted octanol–water partition coefficient (Wildman–Crippen LogP) is 7.50. The average Bonchev–Trinajstić information content (AvgIpc) is 3.63. The van der Waals surface area contributed by atoms with E-state index in [-0.39, 0.29) is 37.4 Å². The van der Waals surface area contributed by atoms with Crippen LogP contribution in [-0.4, -0.2) is 89.9 Å².